The van der Waals surface area contributed by atoms with Gasteiger partial charge < -0.3 is 19.4 Å². The van der Waals surface area contributed by atoms with Crippen LogP contribution < -0.4 is 0 Å². The Hall–Kier alpha value is -3.93. The van der Waals surface area contributed by atoms with Gasteiger partial charge in [0.1, 0.15) is 6.61 Å². The number of nitrogens with zero attached hydrogens (tertiary/aromatic N) is 1. The van der Waals surface area contributed by atoms with E-state index in [9.17, 15) is 33.2 Å². The van der Waals surface area contributed by atoms with E-state index in [4.69, 9.17) is 9.47 Å². The fourth-order valence-electron chi connectivity index (χ4n) is 2.91. The minimum Gasteiger partial charge on any atom is -0.478 e. The molecular weight excluding hydrogens is 470 g/mol. The predicted molar refractivity (Wildman–Crippen MR) is 120 cm³/mol. The number of unbranched alkanes of at least 4 members (excludes halogenated alkanes) is 1. The number of aliphatic carboxylic acids is 1. The fourth-order valence-corrected chi connectivity index (χ4v) is 3.54. The lowest BCUT2D eigenvalue weighted by molar-refractivity contribution is -0.757. The Kier molecular flexibility index (Phi) is 9.56. The van der Waals surface area contributed by atoms with Gasteiger partial charge in [0, 0.05) is 11.8 Å². The first kappa shape index (κ1) is 26.3. The Morgan fingerprint density at radius 1 is 0.941 bits per heavy atom. The smallest absolute Gasteiger partial charge is 0.478 e. The third kappa shape index (κ3) is 8.20. The molecule has 0 amide bonds. The van der Waals surface area contributed by atoms with Gasteiger partial charge in [0.25, 0.3) is 5.09 Å². The first-order valence-corrected chi connectivity index (χ1v) is 11.9. The van der Waals surface area contributed by atoms with Crippen LogP contribution in [-0.4, -0.2) is 56.8 Å². The van der Waals surface area contributed by atoms with Crippen molar-refractivity contribution >= 4 is 33.1 Å². The number of hydrogen-bond donors (Lipinski definition) is 1. The SMILES string of the molecule is CS(=O)(=O)c1ccc(/C(COC(=O)OCCCCO[N+](=O)[O-])=C(/C(=O)O)c2ccccc2)cc1. The van der Waals surface area contributed by atoms with Gasteiger partial charge >= 0.3 is 12.1 Å². The molecule has 34 heavy (non-hydrogen) atoms. The van der Waals surface area contributed by atoms with Crippen LogP contribution in [0.2, 0.25) is 0 Å². The molecule has 0 aromatic heterocycles. The second-order valence-corrected chi connectivity index (χ2v) is 8.99. The van der Waals surface area contributed by atoms with Gasteiger partial charge in [0.2, 0.25) is 0 Å². The molecule has 2 aromatic carbocycles. The highest BCUT2D eigenvalue weighted by atomic mass is 32.2. The molecule has 11 nitrogen and oxygen atoms in total. The third-order valence-electron chi connectivity index (χ3n) is 4.50. The molecule has 0 unspecified atom stereocenters. The van der Waals surface area contributed by atoms with E-state index in [0.717, 1.165) is 6.26 Å². The minimum absolute atomic E-state index is 0.0496. The van der Waals surface area contributed by atoms with Crippen molar-refractivity contribution in [2.45, 2.75) is 17.7 Å². The number of ether oxygens (including phenoxy) is 2. The van der Waals surface area contributed by atoms with E-state index < -0.39 is 33.7 Å². The summed E-state index contributed by atoms with van der Waals surface area (Å²) in [6.45, 7) is -0.675. The van der Waals surface area contributed by atoms with Crippen LogP contribution in [0.4, 0.5) is 4.79 Å². The highest BCUT2D eigenvalue weighted by Crippen LogP contribution is 2.28. The molecule has 0 aliphatic carbocycles. The summed E-state index contributed by atoms with van der Waals surface area (Å²) in [6.07, 6.45) is 0.568. The first-order valence-electron chi connectivity index (χ1n) is 9.99. The number of carbonyl (C=O) groups is 2. The Labute approximate surface area is 195 Å². The molecule has 0 radical (unpaired) electrons. The maximum atomic E-state index is 12.1. The number of carboxylic acids is 1. The van der Waals surface area contributed by atoms with Gasteiger partial charge in [-0.2, -0.15) is 0 Å². The summed E-state index contributed by atoms with van der Waals surface area (Å²) in [5, 5.41) is 19.0. The lowest BCUT2D eigenvalue weighted by Crippen LogP contribution is -2.14. The molecule has 0 fully saturated rings. The predicted octanol–water partition coefficient (Wildman–Crippen LogP) is 3.23. The van der Waals surface area contributed by atoms with Gasteiger partial charge in [-0.15, -0.1) is 10.1 Å². The van der Waals surface area contributed by atoms with E-state index >= 15 is 0 Å². The van der Waals surface area contributed by atoms with Crippen molar-refractivity contribution in [3.8, 4) is 0 Å². The van der Waals surface area contributed by atoms with Gasteiger partial charge in [0.05, 0.1) is 23.7 Å². The minimum atomic E-state index is -3.47. The highest BCUT2D eigenvalue weighted by molar-refractivity contribution is 7.90. The van der Waals surface area contributed by atoms with E-state index in [-0.39, 0.29) is 35.7 Å². The molecule has 0 saturated heterocycles. The van der Waals surface area contributed by atoms with Crippen LogP contribution in [-0.2, 0) is 28.9 Å². The van der Waals surface area contributed by atoms with Gasteiger partial charge in [0.15, 0.2) is 9.84 Å². The van der Waals surface area contributed by atoms with Crippen molar-refractivity contribution < 1.29 is 42.5 Å². The van der Waals surface area contributed by atoms with Gasteiger partial charge in [-0.1, -0.05) is 42.5 Å². The Morgan fingerprint density at radius 2 is 1.56 bits per heavy atom. The average Bonchev–Trinajstić information content (AvgIpc) is 2.78. The molecule has 0 saturated carbocycles. The third-order valence-corrected chi connectivity index (χ3v) is 5.63. The molecular formula is C22H23NO10S. The number of hydrogen-bond acceptors (Lipinski definition) is 9. The van der Waals surface area contributed by atoms with Crippen molar-refractivity contribution in [3.05, 3.63) is 75.8 Å². The Bertz CT molecular complexity index is 1140. The highest BCUT2D eigenvalue weighted by Gasteiger charge is 2.21. The van der Waals surface area contributed by atoms with Crippen LogP contribution in [0.3, 0.4) is 0 Å². The molecule has 0 aliphatic heterocycles. The monoisotopic (exact) mass is 493 g/mol. The van der Waals surface area contributed by atoms with E-state index in [1.54, 1.807) is 30.3 Å². The van der Waals surface area contributed by atoms with Gasteiger partial charge in [-0.05, 0) is 36.1 Å². The van der Waals surface area contributed by atoms with Gasteiger partial charge in [-0.25, -0.2) is 18.0 Å². The molecule has 0 spiro atoms. The maximum absolute atomic E-state index is 12.1. The number of rotatable bonds is 12. The molecule has 182 valence electrons. The molecule has 0 atom stereocenters. The second-order valence-electron chi connectivity index (χ2n) is 6.97. The number of benzene rings is 2. The van der Waals surface area contributed by atoms with E-state index in [1.807, 2.05) is 0 Å². The number of carbonyl (C=O) groups excluding carboxylic acids is 1. The molecule has 0 heterocycles. The lowest BCUT2D eigenvalue weighted by Gasteiger charge is -2.14. The molecule has 2 rings (SSSR count). The zero-order chi connectivity index (χ0) is 25.1. The second kappa shape index (κ2) is 12.3. The average molecular weight is 493 g/mol. The molecule has 0 aliphatic rings. The summed E-state index contributed by atoms with van der Waals surface area (Å²) in [7, 11) is -3.47. The molecule has 2 aromatic rings. The number of carboxylic acid groups (broad SMARTS) is 1. The van der Waals surface area contributed by atoms with Crippen LogP contribution in [0.25, 0.3) is 11.1 Å². The van der Waals surface area contributed by atoms with Crippen molar-refractivity contribution in [1.29, 1.82) is 0 Å². The first-order chi connectivity index (χ1) is 16.1. The van der Waals surface area contributed by atoms with Crippen LogP contribution in [0.15, 0.2) is 59.5 Å². The number of sulfone groups is 1. The van der Waals surface area contributed by atoms with Crippen LogP contribution >= 0.6 is 0 Å². The van der Waals surface area contributed by atoms with Crippen molar-refractivity contribution in [2.75, 3.05) is 26.1 Å². The molecule has 0 bridgehead atoms. The van der Waals surface area contributed by atoms with Crippen molar-refractivity contribution in [2.24, 2.45) is 0 Å². The van der Waals surface area contributed by atoms with Crippen LogP contribution in [0.5, 0.6) is 0 Å². The Balaban J connectivity index is 2.22. The zero-order valence-corrected chi connectivity index (χ0v) is 19.0. The van der Waals surface area contributed by atoms with E-state index in [0.29, 0.717) is 17.5 Å². The molecule has 12 heteroatoms. The zero-order valence-electron chi connectivity index (χ0n) is 18.2. The summed E-state index contributed by atoms with van der Waals surface area (Å²) in [6, 6.07) is 13.7. The van der Waals surface area contributed by atoms with Crippen LogP contribution in [0, 0.1) is 10.1 Å². The quantitative estimate of drug-likeness (QED) is 0.116. The standard InChI is InChI=1S/C22H23NO10S/c1-34(29,30)18-11-9-16(10-12-18)19(20(21(24)25)17-7-3-2-4-8-17)15-32-22(26)31-13-5-6-14-33-23(27)28/h2-4,7-12H,5-6,13-15H2,1H3,(H,24,25)/b20-19+. The topological polar surface area (TPSA) is 159 Å². The summed E-state index contributed by atoms with van der Waals surface area (Å²) < 4.78 is 33.5. The lowest BCUT2D eigenvalue weighted by atomic mass is 9.95. The fraction of sp³-hybridized carbons (Fsp3) is 0.273. The van der Waals surface area contributed by atoms with Crippen molar-refractivity contribution in [1.82, 2.24) is 0 Å². The maximum Gasteiger partial charge on any atom is 0.508 e. The summed E-state index contributed by atoms with van der Waals surface area (Å²) in [5.41, 5.74) is 0.714. The Morgan fingerprint density at radius 3 is 2.12 bits per heavy atom. The summed E-state index contributed by atoms with van der Waals surface area (Å²) in [5.74, 6) is -1.27. The van der Waals surface area contributed by atoms with Gasteiger partial charge in [-0.3, -0.25) is 0 Å². The van der Waals surface area contributed by atoms with E-state index in [2.05, 4.69) is 4.84 Å². The summed E-state index contributed by atoms with van der Waals surface area (Å²) >= 11 is 0. The van der Waals surface area contributed by atoms with Crippen molar-refractivity contribution in [3.63, 3.8) is 0 Å². The normalized spacial score (nSPS) is 11.8. The van der Waals surface area contributed by atoms with Crippen LogP contribution in [0.1, 0.15) is 24.0 Å². The van der Waals surface area contributed by atoms with E-state index in [1.165, 1.54) is 24.3 Å². The summed E-state index contributed by atoms with van der Waals surface area (Å²) in [4.78, 5) is 38.4. The molecule has 1 N–H and O–H groups in total. The largest absolute Gasteiger partial charge is 0.508 e.